The summed E-state index contributed by atoms with van der Waals surface area (Å²) in [6.07, 6.45) is 3.39. The smallest absolute Gasteiger partial charge is 0.283 e. The van der Waals surface area contributed by atoms with Crippen LogP contribution in [0.5, 0.6) is 0 Å². The average Bonchev–Trinajstić information content (AvgIpc) is 3.25. The Morgan fingerprint density at radius 1 is 1.17 bits per heavy atom. The molecule has 4 aromatic rings. The molecule has 3 heterocycles. The lowest BCUT2D eigenvalue weighted by Gasteiger charge is -2.03. The van der Waals surface area contributed by atoms with Crippen LogP contribution < -0.4 is 0 Å². The molecule has 0 aliphatic carbocycles. The molecule has 0 atom stereocenters. The number of nitrogens with zero attached hydrogens (tertiary/aromatic N) is 6. The molecule has 0 saturated carbocycles. The van der Waals surface area contributed by atoms with Crippen molar-refractivity contribution in [3.05, 3.63) is 48.4 Å². The average molecular weight is 338 g/mol. The maximum Gasteiger partial charge on any atom is 0.283 e. The van der Waals surface area contributed by atoms with Crippen molar-refractivity contribution in [1.82, 2.24) is 29.8 Å². The van der Waals surface area contributed by atoms with Crippen LogP contribution >= 0.6 is 11.8 Å². The number of rotatable bonds is 5. The summed E-state index contributed by atoms with van der Waals surface area (Å²) in [5, 5.41) is 13.8. The number of aryl methyl sites for hydroxylation is 1. The van der Waals surface area contributed by atoms with Gasteiger partial charge in [0.15, 0.2) is 0 Å². The molecule has 24 heavy (non-hydrogen) atoms. The van der Waals surface area contributed by atoms with Crippen molar-refractivity contribution < 1.29 is 4.42 Å². The van der Waals surface area contributed by atoms with E-state index in [4.69, 9.17) is 4.42 Å². The van der Waals surface area contributed by atoms with Gasteiger partial charge in [-0.1, -0.05) is 31.5 Å². The number of fused-ring (bicyclic) bond motifs is 1. The summed E-state index contributed by atoms with van der Waals surface area (Å²) in [5.41, 5.74) is 1.87. The first-order valence-electron chi connectivity index (χ1n) is 7.60. The largest absolute Gasteiger partial charge is 0.411 e. The van der Waals surface area contributed by atoms with Gasteiger partial charge >= 0.3 is 0 Å². The highest BCUT2D eigenvalue weighted by molar-refractivity contribution is 7.99. The zero-order chi connectivity index (χ0) is 16.4. The van der Waals surface area contributed by atoms with Crippen molar-refractivity contribution in [1.29, 1.82) is 0 Å². The van der Waals surface area contributed by atoms with Gasteiger partial charge < -0.3 is 4.42 Å². The summed E-state index contributed by atoms with van der Waals surface area (Å²) in [7, 11) is 0. The molecule has 0 bridgehead atoms. The summed E-state index contributed by atoms with van der Waals surface area (Å²) in [6.45, 7) is 2.12. The fourth-order valence-corrected chi connectivity index (χ4v) is 3.12. The molecule has 3 aromatic heterocycles. The summed E-state index contributed by atoms with van der Waals surface area (Å²) in [4.78, 5) is 8.67. The highest BCUT2D eigenvalue weighted by Gasteiger charge is 2.14. The normalized spacial score (nSPS) is 11.2. The molecule has 0 unspecified atom stereocenters. The second-order valence-electron chi connectivity index (χ2n) is 5.15. The van der Waals surface area contributed by atoms with Crippen LogP contribution in [-0.2, 0) is 6.42 Å². The van der Waals surface area contributed by atoms with Gasteiger partial charge in [-0.3, -0.25) is 0 Å². The fourth-order valence-electron chi connectivity index (χ4n) is 2.33. The number of hydrogen-bond acceptors (Lipinski definition) is 7. The van der Waals surface area contributed by atoms with Gasteiger partial charge in [0.1, 0.15) is 11.4 Å². The minimum absolute atomic E-state index is 0.458. The summed E-state index contributed by atoms with van der Waals surface area (Å²) < 4.78 is 7.43. The van der Waals surface area contributed by atoms with Crippen molar-refractivity contribution >= 4 is 17.5 Å². The Morgan fingerprint density at radius 3 is 2.88 bits per heavy atom. The molecule has 120 valence electrons. The van der Waals surface area contributed by atoms with Crippen LogP contribution in [0.3, 0.4) is 0 Å². The third kappa shape index (κ3) is 2.88. The van der Waals surface area contributed by atoms with Gasteiger partial charge in [0.25, 0.3) is 11.0 Å². The molecular weight excluding hydrogens is 324 g/mol. The van der Waals surface area contributed by atoms with Gasteiger partial charge in [0, 0.05) is 11.3 Å². The van der Waals surface area contributed by atoms with Crippen molar-refractivity contribution in [2.45, 2.75) is 30.0 Å². The SMILES string of the molecule is CCCc1cc(Sc2nnc(-c3ccccc3)o2)n2ncnc2n1. The second-order valence-corrected chi connectivity index (χ2v) is 6.12. The summed E-state index contributed by atoms with van der Waals surface area (Å²) >= 11 is 1.36. The fraction of sp³-hybridized carbons (Fsp3) is 0.188. The van der Waals surface area contributed by atoms with Crippen LogP contribution in [0.25, 0.3) is 17.2 Å². The van der Waals surface area contributed by atoms with Crippen LogP contribution in [-0.4, -0.2) is 29.8 Å². The first kappa shape index (κ1) is 14.8. The highest BCUT2D eigenvalue weighted by Crippen LogP contribution is 2.29. The predicted octanol–water partition coefficient (Wildman–Crippen LogP) is 3.28. The third-order valence-electron chi connectivity index (χ3n) is 3.40. The Hall–Kier alpha value is -2.74. The van der Waals surface area contributed by atoms with E-state index in [0.717, 1.165) is 29.1 Å². The van der Waals surface area contributed by atoms with Gasteiger partial charge in [0.05, 0.1) is 0 Å². The second kappa shape index (κ2) is 6.40. The Bertz CT molecular complexity index is 965. The molecule has 0 N–H and O–H groups in total. The minimum Gasteiger partial charge on any atom is -0.411 e. The number of aromatic nitrogens is 6. The van der Waals surface area contributed by atoms with Gasteiger partial charge in [0.2, 0.25) is 5.89 Å². The zero-order valence-electron chi connectivity index (χ0n) is 13.0. The first-order chi connectivity index (χ1) is 11.8. The van der Waals surface area contributed by atoms with Crippen LogP contribution in [0.1, 0.15) is 19.0 Å². The Labute approximate surface area is 142 Å². The first-order valence-corrected chi connectivity index (χ1v) is 8.41. The van der Waals surface area contributed by atoms with E-state index >= 15 is 0 Å². The maximum absolute atomic E-state index is 5.76. The summed E-state index contributed by atoms with van der Waals surface area (Å²) in [6, 6.07) is 11.7. The molecule has 7 nitrogen and oxygen atoms in total. The predicted molar refractivity (Wildman–Crippen MR) is 88.6 cm³/mol. The van der Waals surface area contributed by atoms with E-state index < -0.39 is 0 Å². The monoisotopic (exact) mass is 338 g/mol. The molecule has 0 spiro atoms. The van der Waals surface area contributed by atoms with E-state index in [1.54, 1.807) is 4.52 Å². The molecule has 0 fully saturated rings. The standard InChI is InChI=1S/C16H14N6OS/c1-2-6-12-9-13(22-15(19-12)17-10-18-22)24-16-21-20-14(23-16)11-7-4-3-5-8-11/h3-5,7-10H,2,6H2,1H3. The van der Waals surface area contributed by atoms with E-state index in [0.29, 0.717) is 16.9 Å². The molecule has 0 radical (unpaired) electrons. The van der Waals surface area contributed by atoms with Crippen LogP contribution in [0.2, 0.25) is 0 Å². The quantitative estimate of drug-likeness (QED) is 0.516. The van der Waals surface area contributed by atoms with Crippen molar-refractivity contribution in [3.63, 3.8) is 0 Å². The highest BCUT2D eigenvalue weighted by atomic mass is 32.2. The van der Waals surface area contributed by atoms with Crippen molar-refractivity contribution in [3.8, 4) is 11.5 Å². The molecule has 0 saturated heterocycles. The Kier molecular flexibility index (Phi) is 3.96. The number of benzene rings is 1. The Balaban J connectivity index is 1.67. The molecule has 1 aromatic carbocycles. The molecule has 0 aliphatic rings. The molecular formula is C16H14N6OS. The van der Waals surface area contributed by atoms with Gasteiger partial charge in [-0.15, -0.1) is 10.2 Å². The van der Waals surface area contributed by atoms with Crippen LogP contribution in [0, 0.1) is 0 Å². The van der Waals surface area contributed by atoms with E-state index in [9.17, 15) is 0 Å². The molecule has 0 amide bonds. The third-order valence-corrected chi connectivity index (χ3v) is 4.24. The summed E-state index contributed by atoms with van der Waals surface area (Å²) in [5.74, 6) is 1.07. The van der Waals surface area contributed by atoms with Gasteiger partial charge in [-0.2, -0.15) is 14.6 Å². The lowest BCUT2D eigenvalue weighted by Crippen LogP contribution is -1.99. The maximum atomic E-state index is 5.76. The topological polar surface area (TPSA) is 82.0 Å². The van der Waals surface area contributed by atoms with Gasteiger partial charge in [-0.05, 0) is 36.4 Å². The lowest BCUT2D eigenvalue weighted by atomic mass is 10.2. The van der Waals surface area contributed by atoms with Gasteiger partial charge in [-0.25, -0.2) is 4.98 Å². The molecule has 4 rings (SSSR count). The van der Waals surface area contributed by atoms with Crippen molar-refractivity contribution in [2.24, 2.45) is 0 Å². The zero-order valence-corrected chi connectivity index (χ0v) is 13.8. The van der Waals surface area contributed by atoms with E-state index in [-0.39, 0.29) is 0 Å². The Morgan fingerprint density at radius 2 is 2.04 bits per heavy atom. The molecule has 8 heteroatoms. The van der Waals surface area contributed by atoms with E-state index in [1.807, 2.05) is 36.4 Å². The molecule has 0 aliphatic heterocycles. The minimum atomic E-state index is 0.458. The van der Waals surface area contributed by atoms with Crippen LogP contribution in [0.15, 0.2) is 57.4 Å². The van der Waals surface area contributed by atoms with Crippen LogP contribution in [0.4, 0.5) is 0 Å². The van der Waals surface area contributed by atoms with E-state index in [2.05, 4.69) is 32.2 Å². The lowest BCUT2D eigenvalue weighted by molar-refractivity contribution is 0.465. The van der Waals surface area contributed by atoms with E-state index in [1.165, 1.54) is 18.1 Å². The van der Waals surface area contributed by atoms with Crippen molar-refractivity contribution in [2.75, 3.05) is 0 Å². The number of hydrogen-bond donors (Lipinski definition) is 0.